The average molecular weight is 250 g/mol. The third-order valence-electron chi connectivity index (χ3n) is 2.26. The lowest BCUT2D eigenvalue weighted by molar-refractivity contribution is -0.119. The topological polar surface area (TPSA) is 84.5 Å². The Morgan fingerprint density at radius 1 is 1.11 bits per heavy atom. The summed E-state index contributed by atoms with van der Waals surface area (Å²) in [7, 11) is 2.77. The zero-order valence-corrected chi connectivity index (χ0v) is 10.1. The molecule has 18 heavy (non-hydrogen) atoms. The first-order valence-electron chi connectivity index (χ1n) is 5.25. The maximum Gasteiger partial charge on any atom is 0.337 e. The predicted molar refractivity (Wildman–Crippen MR) is 64.2 cm³/mol. The fourth-order valence-corrected chi connectivity index (χ4v) is 1.23. The van der Waals surface area contributed by atoms with Crippen molar-refractivity contribution >= 4 is 17.8 Å². The number of hydrogen-bond donors (Lipinski definition) is 2. The number of amides is 2. The van der Waals surface area contributed by atoms with Crippen molar-refractivity contribution in [3.63, 3.8) is 0 Å². The summed E-state index contributed by atoms with van der Waals surface area (Å²) in [4.78, 5) is 33.7. The summed E-state index contributed by atoms with van der Waals surface area (Å²) in [6.45, 7) is -0.0892. The van der Waals surface area contributed by atoms with Gasteiger partial charge in [0.2, 0.25) is 5.91 Å². The molecule has 0 atom stereocenters. The van der Waals surface area contributed by atoms with E-state index in [-0.39, 0.29) is 18.4 Å². The lowest BCUT2D eigenvalue weighted by Crippen LogP contribution is -2.35. The van der Waals surface area contributed by atoms with Crippen molar-refractivity contribution in [2.75, 3.05) is 20.7 Å². The van der Waals surface area contributed by atoms with Crippen LogP contribution in [0.5, 0.6) is 0 Å². The third-order valence-corrected chi connectivity index (χ3v) is 2.26. The first-order chi connectivity index (χ1) is 8.58. The summed E-state index contributed by atoms with van der Waals surface area (Å²) in [6, 6.07) is 5.96. The second-order valence-electron chi connectivity index (χ2n) is 3.42. The van der Waals surface area contributed by atoms with Gasteiger partial charge in [-0.15, -0.1) is 0 Å². The number of ether oxygens (including phenoxy) is 1. The molecule has 1 rings (SSSR count). The van der Waals surface area contributed by atoms with E-state index in [0.717, 1.165) is 0 Å². The number of esters is 1. The molecule has 0 bridgehead atoms. The number of likely N-dealkylation sites (N-methyl/N-ethyl adjacent to an activating group) is 1. The van der Waals surface area contributed by atoms with E-state index in [9.17, 15) is 14.4 Å². The van der Waals surface area contributed by atoms with Crippen LogP contribution >= 0.6 is 0 Å². The Labute approximate surface area is 104 Å². The zero-order chi connectivity index (χ0) is 13.5. The Kier molecular flexibility index (Phi) is 4.86. The molecule has 0 spiro atoms. The van der Waals surface area contributed by atoms with Crippen LogP contribution in [0, 0.1) is 0 Å². The number of benzene rings is 1. The van der Waals surface area contributed by atoms with Crippen LogP contribution in [0.25, 0.3) is 0 Å². The molecule has 96 valence electrons. The molecule has 6 nitrogen and oxygen atoms in total. The fourth-order valence-electron chi connectivity index (χ4n) is 1.23. The van der Waals surface area contributed by atoms with Crippen molar-refractivity contribution in [2.45, 2.75) is 0 Å². The van der Waals surface area contributed by atoms with Crippen molar-refractivity contribution in [2.24, 2.45) is 0 Å². The molecular weight excluding hydrogens is 236 g/mol. The molecule has 0 aliphatic heterocycles. The summed E-state index contributed by atoms with van der Waals surface area (Å²) >= 11 is 0. The zero-order valence-electron chi connectivity index (χ0n) is 10.1. The Hall–Kier alpha value is -2.37. The quantitative estimate of drug-likeness (QED) is 0.734. The van der Waals surface area contributed by atoms with Gasteiger partial charge in [-0.25, -0.2) is 4.79 Å². The molecule has 0 radical (unpaired) electrons. The molecule has 6 heteroatoms. The highest BCUT2D eigenvalue weighted by Crippen LogP contribution is 2.05. The summed E-state index contributed by atoms with van der Waals surface area (Å²) in [5.41, 5.74) is 0.729. The normalized spacial score (nSPS) is 9.44. The van der Waals surface area contributed by atoms with Crippen LogP contribution in [0.2, 0.25) is 0 Å². The van der Waals surface area contributed by atoms with Gasteiger partial charge in [0.15, 0.2) is 0 Å². The average Bonchev–Trinajstić information content (AvgIpc) is 2.43. The molecule has 0 saturated carbocycles. The summed E-state index contributed by atoms with van der Waals surface area (Å²) in [5.74, 6) is -1.13. The lowest BCUT2D eigenvalue weighted by atomic mass is 10.1. The van der Waals surface area contributed by atoms with Gasteiger partial charge in [-0.1, -0.05) is 0 Å². The summed E-state index contributed by atoms with van der Waals surface area (Å²) in [5, 5.41) is 4.83. The monoisotopic (exact) mass is 250 g/mol. The molecule has 2 N–H and O–H groups in total. The molecule has 0 aliphatic carbocycles. The summed E-state index contributed by atoms with van der Waals surface area (Å²) < 4.78 is 4.54. The molecule has 2 amide bonds. The molecule has 1 aromatic carbocycles. The van der Waals surface area contributed by atoms with E-state index < -0.39 is 5.97 Å². The third kappa shape index (κ3) is 3.58. The molecule has 0 saturated heterocycles. The van der Waals surface area contributed by atoms with Gasteiger partial charge in [-0.3, -0.25) is 9.59 Å². The van der Waals surface area contributed by atoms with Crippen molar-refractivity contribution in [3.8, 4) is 0 Å². The van der Waals surface area contributed by atoms with Crippen LogP contribution in [0.4, 0.5) is 0 Å². The highest BCUT2D eigenvalue weighted by molar-refractivity contribution is 5.97. The molecule has 0 aromatic heterocycles. The molecular formula is C12H14N2O4. The lowest BCUT2D eigenvalue weighted by Gasteiger charge is -2.05. The van der Waals surface area contributed by atoms with Gasteiger partial charge in [0, 0.05) is 12.6 Å². The van der Waals surface area contributed by atoms with Crippen LogP contribution in [0.15, 0.2) is 24.3 Å². The highest BCUT2D eigenvalue weighted by Gasteiger charge is 2.09. The highest BCUT2D eigenvalue weighted by atomic mass is 16.5. The van der Waals surface area contributed by atoms with E-state index in [0.29, 0.717) is 11.1 Å². The maximum absolute atomic E-state index is 11.6. The molecule has 0 unspecified atom stereocenters. The molecule has 1 aromatic rings. The molecule has 0 heterocycles. The van der Waals surface area contributed by atoms with Gasteiger partial charge in [0.1, 0.15) is 0 Å². The van der Waals surface area contributed by atoms with Gasteiger partial charge in [-0.2, -0.15) is 0 Å². The molecule has 0 aliphatic rings. The second kappa shape index (κ2) is 6.39. The molecule has 0 fully saturated rings. The minimum absolute atomic E-state index is 0.0892. The van der Waals surface area contributed by atoms with Crippen molar-refractivity contribution < 1.29 is 19.1 Å². The Morgan fingerprint density at radius 3 is 2.17 bits per heavy atom. The van der Waals surface area contributed by atoms with E-state index in [4.69, 9.17) is 0 Å². The van der Waals surface area contributed by atoms with E-state index in [1.54, 1.807) is 0 Å². The van der Waals surface area contributed by atoms with Crippen molar-refractivity contribution in [1.29, 1.82) is 0 Å². The van der Waals surface area contributed by atoms with Crippen molar-refractivity contribution in [3.05, 3.63) is 35.4 Å². The van der Waals surface area contributed by atoms with E-state index in [1.165, 1.54) is 38.4 Å². The number of carbonyl (C=O) groups excluding carboxylic acids is 3. The largest absolute Gasteiger partial charge is 0.465 e. The first-order valence-corrected chi connectivity index (χ1v) is 5.25. The SMILES string of the molecule is CNC(=O)CNC(=O)c1ccc(C(=O)OC)cc1. The van der Waals surface area contributed by atoms with Crippen molar-refractivity contribution in [1.82, 2.24) is 10.6 Å². The smallest absolute Gasteiger partial charge is 0.337 e. The summed E-state index contributed by atoms with van der Waals surface area (Å²) in [6.07, 6.45) is 0. The maximum atomic E-state index is 11.6. The Bertz CT molecular complexity index is 454. The number of nitrogens with one attached hydrogen (secondary N) is 2. The van der Waals surface area contributed by atoms with Gasteiger partial charge >= 0.3 is 5.97 Å². The second-order valence-corrected chi connectivity index (χ2v) is 3.42. The van der Waals surface area contributed by atoms with Crippen LogP contribution in [0.3, 0.4) is 0 Å². The van der Waals surface area contributed by atoms with E-state index in [2.05, 4.69) is 15.4 Å². The predicted octanol–water partition coefficient (Wildman–Crippen LogP) is -0.0510. The van der Waals surface area contributed by atoms with Gasteiger partial charge in [-0.05, 0) is 24.3 Å². The van der Waals surface area contributed by atoms with E-state index >= 15 is 0 Å². The Balaban J connectivity index is 2.64. The van der Waals surface area contributed by atoms with Crippen LogP contribution in [-0.4, -0.2) is 38.5 Å². The van der Waals surface area contributed by atoms with Gasteiger partial charge in [0.05, 0.1) is 19.2 Å². The standard InChI is InChI=1S/C12H14N2O4/c1-13-10(15)7-14-11(16)8-3-5-9(6-4-8)12(17)18-2/h3-6H,7H2,1-2H3,(H,13,15)(H,14,16). The number of methoxy groups -OCH3 is 1. The van der Waals surface area contributed by atoms with E-state index in [1.807, 2.05) is 0 Å². The number of rotatable bonds is 4. The minimum atomic E-state index is -0.465. The van der Waals surface area contributed by atoms with Gasteiger partial charge in [0.25, 0.3) is 5.91 Å². The van der Waals surface area contributed by atoms with Crippen LogP contribution in [-0.2, 0) is 9.53 Å². The van der Waals surface area contributed by atoms with Crippen LogP contribution < -0.4 is 10.6 Å². The Morgan fingerprint density at radius 2 is 1.67 bits per heavy atom. The number of hydrogen-bond acceptors (Lipinski definition) is 4. The first kappa shape index (κ1) is 13.7. The van der Waals surface area contributed by atoms with Crippen LogP contribution in [0.1, 0.15) is 20.7 Å². The van der Waals surface area contributed by atoms with Gasteiger partial charge < -0.3 is 15.4 Å². The number of carbonyl (C=O) groups is 3. The minimum Gasteiger partial charge on any atom is -0.465 e. The fraction of sp³-hybridized carbons (Fsp3) is 0.250.